The van der Waals surface area contributed by atoms with E-state index in [1.165, 1.54) is 20.2 Å². The van der Waals surface area contributed by atoms with Crippen LogP contribution in [0.1, 0.15) is 25.3 Å². The van der Waals surface area contributed by atoms with E-state index >= 15 is 0 Å². The maximum atomic E-state index is 14.8. The highest BCUT2D eigenvalue weighted by Crippen LogP contribution is 2.40. The van der Waals surface area contributed by atoms with Gasteiger partial charge in [0.1, 0.15) is 5.82 Å². The van der Waals surface area contributed by atoms with Crippen molar-refractivity contribution in [3.05, 3.63) is 72.0 Å². The topological polar surface area (TPSA) is 0 Å². The van der Waals surface area contributed by atoms with Gasteiger partial charge in [-0.05, 0) is 42.2 Å². The molecule has 0 atom stereocenters. The van der Waals surface area contributed by atoms with E-state index in [0.29, 0.717) is 5.56 Å². The SMILES string of the molecule is CCCCc1ccc(-c2cccc3sc4ccccc4c23)c(F)c1. The second kappa shape index (κ2) is 6.37. The number of hydrogen-bond donors (Lipinski definition) is 0. The van der Waals surface area contributed by atoms with Gasteiger partial charge in [-0.15, -0.1) is 11.3 Å². The molecule has 0 bridgehead atoms. The summed E-state index contributed by atoms with van der Waals surface area (Å²) in [4.78, 5) is 0. The van der Waals surface area contributed by atoms with Gasteiger partial charge >= 0.3 is 0 Å². The van der Waals surface area contributed by atoms with Crippen molar-refractivity contribution in [2.45, 2.75) is 26.2 Å². The molecule has 0 radical (unpaired) electrons. The minimum Gasteiger partial charge on any atom is -0.206 e. The monoisotopic (exact) mass is 334 g/mol. The first-order valence-corrected chi connectivity index (χ1v) is 9.28. The molecule has 0 unspecified atom stereocenters. The highest BCUT2D eigenvalue weighted by atomic mass is 32.1. The molecule has 0 aliphatic heterocycles. The molecule has 24 heavy (non-hydrogen) atoms. The highest BCUT2D eigenvalue weighted by Gasteiger charge is 2.13. The van der Waals surface area contributed by atoms with Crippen molar-refractivity contribution in [2.24, 2.45) is 0 Å². The average molecular weight is 334 g/mol. The van der Waals surface area contributed by atoms with E-state index in [4.69, 9.17) is 0 Å². The molecule has 0 nitrogen and oxygen atoms in total. The first-order valence-electron chi connectivity index (χ1n) is 8.47. The van der Waals surface area contributed by atoms with Crippen LogP contribution < -0.4 is 0 Å². The predicted octanol–water partition coefficient (Wildman–Crippen LogP) is 7.20. The van der Waals surface area contributed by atoms with Crippen molar-refractivity contribution < 1.29 is 4.39 Å². The number of halogens is 1. The Kier molecular flexibility index (Phi) is 4.07. The Morgan fingerprint density at radius 3 is 2.54 bits per heavy atom. The van der Waals surface area contributed by atoms with Crippen molar-refractivity contribution in [3.8, 4) is 11.1 Å². The maximum Gasteiger partial charge on any atom is 0.131 e. The van der Waals surface area contributed by atoms with Crippen LogP contribution in [0.15, 0.2) is 60.7 Å². The number of unbranched alkanes of at least 4 members (excludes halogenated alkanes) is 1. The maximum absolute atomic E-state index is 14.8. The Bertz CT molecular complexity index is 1010. The molecule has 0 aliphatic carbocycles. The summed E-state index contributed by atoms with van der Waals surface area (Å²) in [5.41, 5.74) is 2.77. The summed E-state index contributed by atoms with van der Waals surface area (Å²) in [5, 5.41) is 2.38. The van der Waals surface area contributed by atoms with Gasteiger partial charge in [-0.1, -0.05) is 55.8 Å². The van der Waals surface area contributed by atoms with Gasteiger partial charge < -0.3 is 0 Å². The lowest BCUT2D eigenvalue weighted by Gasteiger charge is -2.08. The number of aryl methyl sites for hydroxylation is 1. The Balaban J connectivity index is 1.90. The third-order valence-electron chi connectivity index (χ3n) is 4.55. The largest absolute Gasteiger partial charge is 0.206 e. The second-order valence-electron chi connectivity index (χ2n) is 6.19. The summed E-state index contributed by atoms with van der Waals surface area (Å²) in [6.07, 6.45) is 3.17. The number of thiophene rings is 1. The summed E-state index contributed by atoms with van der Waals surface area (Å²) in [5.74, 6) is -0.119. The number of rotatable bonds is 4. The van der Waals surface area contributed by atoms with Crippen LogP contribution in [0.25, 0.3) is 31.3 Å². The van der Waals surface area contributed by atoms with Gasteiger partial charge in [0.25, 0.3) is 0 Å². The van der Waals surface area contributed by atoms with Gasteiger partial charge in [0, 0.05) is 25.7 Å². The standard InChI is InChI=1S/C22H19FS/c1-2-3-7-15-12-13-16(19(23)14-15)17-9-6-11-21-22(17)18-8-4-5-10-20(18)24-21/h4-6,8-14H,2-3,7H2,1H3. The molecule has 0 fully saturated rings. The van der Waals surface area contributed by atoms with Crippen LogP contribution in [0.3, 0.4) is 0 Å². The molecule has 2 heteroatoms. The van der Waals surface area contributed by atoms with Crippen LogP contribution >= 0.6 is 11.3 Å². The molecule has 0 amide bonds. The zero-order valence-electron chi connectivity index (χ0n) is 13.7. The van der Waals surface area contributed by atoms with Crippen molar-refractivity contribution in [2.75, 3.05) is 0 Å². The molecule has 4 aromatic rings. The summed E-state index contributed by atoms with van der Waals surface area (Å²) >= 11 is 1.77. The van der Waals surface area contributed by atoms with Crippen LogP contribution in [-0.2, 0) is 6.42 Å². The van der Waals surface area contributed by atoms with Gasteiger partial charge in [0.2, 0.25) is 0 Å². The number of fused-ring (bicyclic) bond motifs is 3. The lowest BCUT2D eigenvalue weighted by Crippen LogP contribution is -1.90. The molecule has 120 valence electrons. The zero-order valence-corrected chi connectivity index (χ0v) is 14.5. The van der Waals surface area contributed by atoms with Crippen molar-refractivity contribution in [1.82, 2.24) is 0 Å². The van der Waals surface area contributed by atoms with E-state index in [1.54, 1.807) is 17.4 Å². The predicted molar refractivity (Wildman–Crippen MR) is 103 cm³/mol. The van der Waals surface area contributed by atoms with Gasteiger partial charge in [-0.2, -0.15) is 0 Å². The molecule has 3 aromatic carbocycles. The van der Waals surface area contributed by atoms with E-state index < -0.39 is 0 Å². The molecule has 1 aromatic heterocycles. The van der Waals surface area contributed by atoms with E-state index in [0.717, 1.165) is 30.4 Å². The lowest BCUT2D eigenvalue weighted by atomic mass is 9.97. The minimum absolute atomic E-state index is 0.119. The van der Waals surface area contributed by atoms with Crippen LogP contribution in [0.2, 0.25) is 0 Å². The first kappa shape index (κ1) is 15.3. The fraction of sp³-hybridized carbons (Fsp3) is 0.182. The summed E-state index contributed by atoms with van der Waals surface area (Å²) in [7, 11) is 0. The fourth-order valence-electron chi connectivity index (χ4n) is 3.31. The summed E-state index contributed by atoms with van der Waals surface area (Å²) in [6, 6.07) is 20.3. The van der Waals surface area contributed by atoms with Crippen LogP contribution in [0.4, 0.5) is 4.39 Å². The minimum atomic E-state index is -0.119. The van der Waals surface area contributed by atoms with Gasteiger partial charge in [0.05, 0.1) is 0 Å². The third-order valence-corrected chi connectivity index (χ3v) is 5.68. The quantitative estimate of drug-likeness (QED) is 0.370. The molecule has 0 N–H and O–H groups in total. The van der Waals surface area contributed by atoms with Crippen molar-refractivity contribution in [3.63, 3.8) is 0 Å². The normalized spacial score (nSPS) is 11.4. The van der Waals surface area contributed by atoms with E-state index in [-0.39, 0.29) is 5.82 Å². The smallest absolute Gasteiger partial charge is 0.131 e. The third kappa shape index (κ3) is 2.61. The van der Waals surface area contributed by atoms with Crippen molar-refractivity contribution >= 4 is 31.5 Å². The fourth-order valence-corrected chi connectivity index (χ4v) is 4.44. The Morgan fingerprint density at radius 1 is 0.875 bits per heavy atom. The molecule has 0 saturated carbocycles. The van der Waals surface area contributed by atoms with E-state index in [2.05, 4.69) is 43.3 Å². The Morgan fingerprint density at radius 2 is 1.71 bits per heavy atom. The average Bonchev–Trinajstić information content (AvgIpc) is 2.99. The van der Waals surface area contributed by atoms with Gasteiger partial charge in [-0.3, -0.25) is 0 Å². The van der Waals surface area contributed by atoms with Crippen LogP contribution in [-0.4, -0.2) is 0 Å². The Labute approximate surface area is 145 Å². The number of hydrogen-bond acceptors (Lipinski definition) is 1. The van der Waals surface area contributed by atoms with Crippen LogP contribution in [0, 0.1) is 5.82 Å². The second-order valence-corrected chi connectivity index (χ2v) is 7.28. The molecular weight excluding hydrogens is 315 g/mol. The molecule has 4 rings (SSSR count). The molecule has 0 aliphatic rings. The zero-order chi connectivity index (χ0) is 16.5. The molecule has 1 heterocycles. The van der Waals surface area contributed by atoms with Crippen molar-refractivity contribution in [1.29, 1.82) is 0 Å². The van der Waals surface area contributed by atoms with Gasteiger partial charge in [-0.25, -0.2) is 4.39 Å². The Hall–Kier alpha value is -2.19. The summed E-state index contributed by atoms with van der Waals surface area (Å²) < 4.78 is 17.3. The van der Waals surface area contributed by atoms with Crippen LogP contribution in [0.5, 0.6) is 0 Å². The number of benzene rings is 3. The lowest BCUT2D eigenvalue weighted by molar-refractivity contribution is 0.628. The molecule has 0 saturated heterocycles. The van der Waals surface area contributed by atoms with E-state index in [1.807, 2.05) is 18.2 Å². The molecule has 0 spiro atoms. The summed E-state index contributed by atoms with van der Waals surface area (Å²) in [6.45, 7) is 2.16. The first-order chi connectivity index (χ1) is 11.8. The van der Waals surface area contributed by atoms with Gasteiger partial charge in [0.15, 0.2) is 0 Å². The molecular formula is C22H19FS. The highest BCUT2D eigenvalue weighted by molar-refractivity contribution is 7.25. The van der Waals surface area contributed by atoms with E-state index in [9.17, 15) is 4.39 Å².